The van der Waals surface area contributed by atoms with Gasteiger partial charge in [-0.05, 0) is 72.8 Å². The third-order valence-electron chi connectivity index (χ3n) is 5.24. The lowest BCUT2D eigenvalue weighted by atomic mass is 10.2. The fraction of sp³-hybridized carbons (Fsp3) is 0.0370. The molecule has 1 aromatic heterocycles. The average Bonchev–Trinajstić information content (AvgIpc) is 2.93. The molecule has 210 valence electrons. The molecule has 41 heavy (non-hydrogen) atoms. The van der Waals surface area contributed by atoms with Gasteiger partial charge in [-0.2, -0.15) is 13.2 Å². The number of alkyl halides is 3. The van der Waals surface area contributed by atoms with Crippen molar-refractivity contribution >= 4 is 52.4 Å². The summed E-state index contributed by atoms with van der Waals surface area (Å²) in [6.45, 7) is 0. The molecule has 0 aliphatic carbocycles. The van der Waals surface area contributed by atoms with Crippen LogP contribution >= 0.6 is 23.2 Å². The van der Waals surface area contributed by atoms with Gasteiger partial charge in [0.25, 0.3) is 11.8 Å². The minimum atomic E-state index is -4.67. The van der Waals surface area contributed by atoms with Crippen LogP contribution in [0.25, 0.3) is 0 Å². The molecule has 0 spiro atoms. The van der Waals surface area contributed by atoms with Gasteiger partial charge in [0.1, 0.15) is 17.2 Å². The van der Waals surface area contributed by atoms with Crippen molar-refractivity contribution in [1.82, 2.24) is 15.8 Å². The zero-order chi connectivity index (χ0) is 29.6. The highest BCUT2D eigenvalue weighted by atomic mass is 35.5. The van der Waals surface area contributed by atoms with Crippen LogP contribution in [0.15, 0.2) is 85.1 Å². The Morgan fingerprint density at radius 3 is 2.05 bits per heavy atom. The number of nitrogens with zero attached hydrogens (tertiary/aromatic N) is 1. The van der Waals surface area contributed by atoms with E-state index in [9.17, 15) is 27.6 Å². The fourth-order valence-electron chi connectivity index (χ4n) is 3.31. The van der Waals surface area contributed by atoms with Crippen LogP contribution in [0.2, 0.25) is 10.0 Å². The lowest BCUT2D eigenvalue weighted by Crippen LogP contribution is -2.41. The Kier molecular flexibility index (Phi) is 8.95. The van der Waals surface area contributed by atoms with Gasteiger partial charge < -0.3 is 15.4 Å². The van der Waals surface area contributed by atoms with E-state index < -0.39 is 34.6 Å². The molecule has 1 heterocycles. The molecule has 4 amide bonds. The van der Waals surface area contributed by atoms with Gasteiger partial charge in [-0.25, -0.2) is 4.79 Å². The number of benzene rings is 3. The van der Waals surface area contributed by atoms with Gasteiger partial charge in [0.05, 0.1) is 10.6 Å². The Morgan fingerprint density at radius 1 is 0.732 bits per heavy atom. The van der Waals surface area contributed by atoms with E-state index in [4.69, 9.17) is 27.9 Å². The van der Waals surface area contributed by atoms with Crippen molar-refractivity contribution in [2.24, 2.45) is 0 Å². The summed E-state index contributed by atoms with van der Waals surface area (Å²) in [7, 11) is 0. The number of ether oxygens (including phenoxy) is 1. The molecule has 0 fully saturated rings. The highest BCUT2D eigenvalue weighted by Crippen LogP contribution is 2.36. The molecule has 9 nitrogen and oxygen atoms in total. The molecule has 0 radical (unpaired) electrons. The summed E-state index contributed by atoms with van der Waals surface area (Å²) in [5.41, 5.74) is 3.95. The van der Waals surface area contributed by atoms with Crippen molar-refractivity contribution in [3.05, 3.63) is 112 Å². The molecule has 14 heteroatoms. The Morgan fingerprint density at radius 2 is 1.37 bits per heavy atom. The van der Waals surface area contributed by atoms with Gasteiger partial charge in [0.15, 0.2) is 0 Å². The molecular formula is C27H18Cl2F3N5O4. The van der Waals surface area contributed by atoms with E-state index in [1.165, 1.54) is 72.9 Å². The minimum Gasteiger partial charge on any atom is -0.457 e. The highest BCUT2D eigenvalue weighted by Gasteiger charge is 2.33. The van der Waals surface area contributed by atoms with E-state index in [2.05, 4.69) is 26.5 Å². The maximum absolute atomic E-state index is 13.0. The van der Waals surface area contributed by atoms with E-state index in [1.807, 2.05) is 0 Å². The molecule has 4 rings (SSSR count). The number of pyridine rings is 1. The van der Waals surface area contributed by atoms with Gasteiger partial charge in [-0.3, -0.25) is 25.4 Å². The third-order valence-corrected chi connectivity index (χ3v) is 5.82. The van der Waals surface area contributed by atoms with E-state index in [-0.39, 0.29) is 22.7 Å². The normalized spacial score (nSPS) is 10.9. The van der Waals surface area contributed by atoms with E-state index in [1.54, 1.807) is 0 Å². The zero-order valence-corrected chi connectivity index (χ0v) is 22.1. The number of carbonyl (C=O) groups excluding carboxylic acids is 3. The van der Waals surface area contributed by atoms with Crippen LogP contribution in [-0.2, 0) is 6.18 Å². The predicted octanol–water partition coefficient (Wildman–Crippen LogP) is 6.92. The molecular weight excluding hydrogens is 586 g/mol. The van der Waals surface area contributed by atoms with Crippen molar-refractivity contribution in [2.75, 3.05) is 10.6 Å². The minimum absolute atomic E-state index is 0.0373. The van der Waals surface area contributed by atoms with Gasteiger partial charge in [-0.1, -0.05) is 23.2 Å². The third kappa shape index (κ3) is 8.10. The van der Waals surface area contributed by atoms with Crippen molar-refractivity contribution in [3.8, 4) is 11.5 Å². The van der Waals surface area contributed by atoms with E-state index >= 15 is 0 Å². The first kappa shape index (κ1) is 29.2. The van der Waals surface area contributed by atoms with Crippen LogP contribution in [0.1, 0.15) is 26.4 Å². The second kappa shape index (κ2) is 12.6. The molecule has 4 N–H and O–H groups in total. The van der Waals surface area contributed by atoms with Crippen molar-refractivity contribution in [1.29, 1.82) is 0 Å². The molecule has 3 aromatic carbocycles. The topological polar surface area (TPSA) is 121 Å². The van der Waals surface area contributed by atoms with Crippen molar-refractivity contribution in [3.63, 3.8) is 0 Å². The number of hydrogen-bond acceptors (Lipinski definition) is 5. The molecule has 0 bridgehead atoms. The smallest absolute Gasteiger partial charge is 0.417 e. The molecule has 0 aliphatic heterocycles. The molecule has 0 saturated carbocycles. The first-order valence-corrected chi connectivity index (χ1v) is 12.3. The number of anilines is 2. The summed E-state index contributed by atoms with van der Waals surface area (Å²) in [6.07, 6.45) is -3.33. The lowest BCUT2D eigenvalue weighted by molar-refractivity contribution is -0.137. The molecule has 0 atom stereocenters. The molecule has 0 unspecified atom stereocenters. The number of hydrogen-bond donors (Lipinski definition) is 4. The second-order valence-corrected chi connectivity index (χ2v) is 9.03. The van der Waals surface area contributed by atoms with Crippen LogP contribution in [0.4, 0.5) is 29.3 Å². The van der Waals surface area contributed by atoms with Crippen LogP contribution < -0.4 is 26.2 Å². The van der Waals surface area contributed by atoms with Gasteiger partial charge in [0, 0.05) is 34.2 Å². The van der Waals surface area contributed by atoms with Crippen LogP contribution in [-0.4, -0.2) is 22.8 Å². The van der Waals surface area contributed by atoms with Crippen molar-refractivity contribution in [2.45, 2.75) is 6.18 Å². The largest absolute Gasteiger partial charge is 0.457 e. The number of halogens is 5. The molecule has 0 aliphatic rings. The number of hydrazine groups is 1. The predicted molar refractivity (Wildman–Crippen MR) is 146 cm³/mol. The Balaban J connectivity index is 1.31. The van der Waals surface area contributed by atoms with Crippen LogP contribution in [0.5, 0.6) is 11.5 Å². The average molecular weight is 604 g/mol. The first-order valence-electron chi connectivity index (χ1n) is 11.5. The number of rotatable bonds is 6. The highest BCUT2D eigenvalue weighted by molar-refractivity contribution is 6.31. The zero-order valence-electron chi connectivity index (χ0n) is 20.6. The Labute approximate surface area is 240 Å². The quantitative estimate of drug-likeness (QED) is 0.178. The fourth-order valence-corrected chi connectivity index (χ4v) is 3.66. The Bertz CT molecular complexity index is 1580. The van der Waals surface area contributed by atoms with Crippen LogP contribution in [0.3, 0.4) is 0 Å². The Hall–Kier alpha value is -4.81. The van der Waals surface area contributed by atoms with Crippen LogP contribution in [0, 0.1) is 0 Å². The van der Waals surface area contributed by atoms with Gasteiger partial charge >= 0.3 is 12.2 Å². The van der Waals surface area contributed by atoms with E-state index in [0.717, 1.165) is 12.1 Å². The first-order chi connectivity index (χ1) is 19.5. The summed E-state index contributed by atoms with van der Waals surface area (Å²) < 4.78 is 44.8. The summed E-state index contributed by atoms with van der Waals surface area (Å²) in [5.74, 6) is -0.636. The summed E-state index contributed by atoms with van der Waals surface area (Å²) in [5, 5.41) is 4.78. The second-order valence-electron chi connectivity index (χ2n) is 8.19. The summed E-state index contributed by atoms with van der Waals surface area (Å²) in [6, 6.07) is 17.2. The standard InChI is InChI=1S/C27H18Cl2F3N5O4/c28-16-3-1-15(2-4-16)24(38)36-37-25(39)23-14-20(11-12-33-23)41-19-8-5-17(6-9-19)34-26(40)35-18-7-10-22(29)21(13-18)27(30,31)32/h1-14H,(H,36,38)(H,37,39)(H2,34,35,40). The van der Waals surface area contributed by atoms with Crippen molar-refractivity contribution < 1.29 is 32.3 Å². The molecule has 0 saturated heterocycles. The SMILES string of the molecule is O=C(Nc1ccc(Oc2ccnc(C(=O)NNC(=O)c3ccc(Cl)cc3)c2)cc1)Nc1ccc(Cl)c(C(F)(F)F)c1. The lowest BCUT2D eigenvalue weighted by Gasteiger charge is -2.13. The van der Waals surface area contributed by atoms with Gasteiger partial charge in [-0.15, -0.1) is 0 Å². The maximum Gasteiger partial charge on any atom is 0.417 e. The van der Waals surface area contributed by atoms with Gasteiger partial charge in [0.2, 0.25) is 0 Å². The maximum atomic E-state index is 13.0. The number of aromatic nitrogens is 1. The number of amides is 4. The summed E-state index contributed by atoms with van der Waals surface area (Å²) in [4.78, 5) is 40.8. The number of urea groups is 1. The number of carbonyl (C=O) groups is 3. The summed E-state index contributed by atoms with van der Waals surface area (Å²) >= 11 is 11.4. The van der Waals surface area contributed by atoms with E-state index in [0.29, 0.717) is 16.5 Å². The monoisotopic (exact) mass is 603 g/mol. The number of nitrogens with one attached hydrogen (secondary N) is 4. The molecule has 4 aromatic rings.